The van der Waals surface area contributed by atoms with Crippen molar-refractivity contribution in [2.75, 3.05) is 7.11 Å². The van der Waals surface area contributed by atoms with E-state index in [0.29, 0.717) is 10.8 Å². The first-order chi connectivity index (χ1) is 10.4. The first kappa shape index (κ1) is 14.9. The highest BCUT2D eigenvalue weighted by Crippen LogP contribution is 2.37. The van der Waals surface area contributed by atoms with Crippen molar-refractivity contribution in [3.05, 3.63) is 53.2 Å². The third-order valence-corrected chi connectivity index (χ3v) is 4.13. The minimum Gasteiger partial charge on any atom is -0.496 e. The fourth-order valence-corrected chi connectivity index (χ4v) is 2.93. The van der Waals surface area contributed by atoms with E-state index in [2.05, 4.69) is 4.98 Å². The molecule has 0 aliphatic carbocycles. The van der Waals surface area contributed by atoms with Gasteiger partial charge < -0.3 is 14.8 Å². The van der Waals surface area contributed by atoms with Crippen LogP contribution < -0.4 is 4.74 Å². The molecule has 3 rings (SSSR count). The van der Waals surface area contributed by atoms with E-state index in [1.54, 1.807) is 21.0 Å². The molecular formula is C18H18ClNO2. The van der Waals surface area contributed by atoms with E-state index in [0.717, 1.165) is 27.6 Å². The molecule has 0 atom stereocenters. The van der Waals surface area contributed by atoms with Crippen molar-refractivity contribution in [2.45, 2.75) is 19.4 Å². The largest absolute Gasteiger partial charge is 0.496 e. The van der Waals surface area contributed by atoms with Gasteiger partial charge in [0.2, 0.25) is 0 Å². The molecule has 114 valence electrons. The van der Waals surface area contributed by atoms with Crippen molar-refractivity contribution in [1.29, 1.82) is 0 Å². The first-order valence-corrected chi connectivity index (χ1v) is 7.46. The predicted octanol–water partition coefficient (Wildman–Crippen LogP) is 4.72. The number of aromatic nitrogens is 1. The van der Waals surface area contributed by atoms with E-state index in [9.17, 15) is 5.11 Å². The van der Waals surface area contributed by atoms with Gasteiger partial charge in [-0.2, -0.15) is 0 Å². The number of fused-ring (bicyclic) bond motifs is 1. The van der Waals surface area contributed by atoms with Crippen LogP contribution in [0.3, 0.4) is 0 Å². The van der Waals surface area contributed by atoms with Gasteiger partial charge in [0.05, 0.1) is 17.7 Å². The smallest absolute Gasteiger partial charge is 0.125 e. The lowest BCUT2D eigenvalue weighted by Crippen LogP contribution is -2.16. The van der Waals surface area contributed by atoms with Crippen LogP contribution in [0.25, 0.3) is 22.0 Å². The summed E-state index contributed by atoms with van der Waals surface area (Å²) in [5, 5.41) is 12.0. The Kier molecular flexibility index (Phi) is 3.63. The molecule has 0 amide bonds. The fraction of sp³-hybridized carbons (Fsp3) is 0.222. The minimum absolute atomic E-state index is 0.648. The molecular weight excluding hydrogens is 298 g/mol. The molecule has 1 aromatic heterocycles. The number of ether oxygens (including phenoxy) is 1. The highest BCUT2D eigenvalue weighted by atomic mass is 35.5. The van der Waals surface area contributed by atoms with E-state index in [1.807, 2.05) is 42.6 Å². The quantitative estimate of drug-likeness (QED) is 0.734. The van der Waals surface area contributed by atoms with Crippen LogP contribution in [0.5, 0.6) is 5.75 Å². The number of halogens is 1. The van der Waals surface area contributed by atoms with E-state index in [-0.39, 0.29) is 0 Å². The maximum atomic E-state index is 10.2. The second-order valence-electron chi connectivity index (χ2n) is 5.87. The maximum Gasteiger partial charge on any atom is 0.125 e. The summed E-state index contributed by atoms with van der Waals surface area (Å²) in [6.07, 6.45) is 1.89. The van der Waals surface area contributed by atoms with E-state index in [4.69, 9.17) is 16.3 Å². The van der Waals surface area contributed by atoms with Gasteiger partial charge in [-0.15, -0.1) is 0 Å². The molecule has 22 heavy (non-hydrogen) atoms. The van der Waals surface area contributed by atoms with Gasteiger partial charge in [0, 0.05) is 28.2 Å². The van der Waals surface area contributed by atoms with Crippen molar-refractivity contribution >= 4 is 22.5 Å². The number of aromatic amines is 1. The molecule has 0 bridgehead atoms. The number of H-pyrrole nitrogens is 1. The lowest BCUT2D eigenvalue weighted by atomic mass is 9.94. The SMILES string of the molecule is COc1cc(-c2cc3cc[nH]c3cc2Cl)ccc1C(C)(C)O. The molecule has 0 spiro atoms. The van der Waals surface area contributed by atoms with Crippen molar-refractivity contribution in [3.8, 4) is 16.9 Å². The van der Waals surface area contributed by atoms with Crippen molar-refractivity contribution < 1.29 is 9.84 Å². The monoisotopic (exact) mass is 315 g/mol. The molecule has 0 aliphatic heterocycles. The summed E-state index contributed by atoms with van der Waals surface area (Å²) in [5.74, 6) is 0.648. The zero-order valence-electron chi connectivity index (χ0n) is 12.8. The summed E-state index contributed by atoms with van der Waals surface area (Å²) in [4.78, 5) is 3.15. The number of rotatable bonds is 3. The molecule has 0 fully saturated rings. The van der Waals surface area contributed by atoms with Crippen LogP contribution in [0.4, 0.5) is 0 Å². The third-order valence-electron chi connectivity index (χ3n) is 3.81. The van der Waals surface area contributed by atoms with E-state index >= 15 is 0 Å². The van der Waals surface area contributed by atoms with Gasteiger partial charge in [-0.05, 0) is 43.7 Å². The molecule has 1 heterocycles. The van der Waals surface area contributed by atoms with Gasteiger partial charge in [0.25, 0.3) is 0 Å². The molecule has 0 saturated heterocycles. The molecule has 2 N–H and O–H groups in total. The summed E-state index contributed by atoms with van der Waals surface area (Å²) >= 11 is 6.41. The minimum atomic E-state index is -0.960. The van der Waals surface area contributed by atoms with Crippen LogP contribution in [0.15, 0.2) is 42.6 Å². The summed E-state index contributed by atoms with van der Waals surface area (Å²) in [6.45, 7) is 3.48. The van der Waals surface area contributed by atoms with Crippen molar-refractivity contribution in [1.82, 2.24) is 4.98 Å². The van der Waals surface area contributed by atoms with E-state index < -0.39 is 5.60 Å². The van der Waals surface area contributed by atoms with Gasteiger partial charge in [0.1, 0.15) is 5.75 Å². The lowest BCUT2D eigenvalue weighted by Gasteiger charge is -2.21. The fourth-order valence-electron chi connectivity index (χ4n) is 2.66. The average Bonchev–Trinajstić information content (AvgIpc) is 2.91. The van der Waals surface area contributed by atoms with Gasteiger partial charge >= 0.3 is 0 Å². The van der Waals surface area contributed by atoms with Crippen molar-refractivity contribution in [2.24, 2.45) is 0 Å². The molecule has 0 unspecified atom stereocenters. The number of aliphatic hydroxyl groups is 1. The first-order valence-electron chi connectivity index (χ1n) is 7.08. The second-order valence-corrected chi connectivity index (χ2v) is 6.28. The van der Waals surface area contributed by atoms with Crippen molar-refractivity contribution in [3.63, 3.8) is 0 Å². The van der Waals surface area contributed by atoms with Gasteiger partial charge in [0.15, 0.2) is 0 Å². The van der Waals surface area contributed by atoms with Crippen LogP contribution in [-0.2, 0) is 5.60 Å². The molecule has 3 nitrogen and oxygen atoms in total. The van der Waals surface area contributed by atoms with Gasteiger partial charge in [-0.25, -0.2) is 0 Å². The van der Waals surface area contributed by atoms with Crippen LogP contribution in [-0.4, -0.2) is 17.2 Å². The molecule has 3 aromatic rings. The van der Waals surface area contributed by atoms with Crippen LogP contribution >= 0.6 is 11.6 Å². The molecule has 0 saturated carbocycles. The number of benzene rings is 2. The summed E-state index contributed by atoms with van der Waals surface area (Å²) in [5.41, 5.74) is 2.69. The summed E-state index contributed by atoms with van der Waals surface area (Å²) in [6, 6.07) is 11.7. The Morgan fingerprint density at radius 2 is 1.91 bits per heavy atom. The predicted molar refractivity (Wildman–Crippen MR) is 90.5 cm³/mol. The standard InChI is InChI=1S/C18H18ClNO2/c1-18(2,21)14-5-4-11(9-17(14)22-3)13-8-12-6-7-20-16(12)10-15(13)19/h4-10,20-21H,1-3H3. The van der Waals surface area contributed by atoms with Gasteiger partial charge in [-0.3, -0.25) is 0 Å². The normalized spacial score (nSPS) is 11.9. The molecule has 0 aliphatic rings. The number of methoxy groups -OCH3 is 1. The van der Waals surface area contributed by atoms with Crippen LogP contribution in [0.2, 0.25) is 5.02 Å². The Morgan fingerprint density at radius 3 is 2.59 bits per heavy atom. The lowest BCUT2D eigenvalue weighted by molar-refractivity contribution is 0.0757. The zero-order chi connectivity index (χ0) is 15.9. The third kappa shape index (κ3) is 2.58. The highest BCUT2D eigenvalue weighted by Gasteiger charge is 2.21. The number of nitrogens with one attached hydrogen (secondary N) is 1. The summed E-state index contributed by atoms with van der Waals surface area (Å²) in [7, 11) is 1.60. The Morgan fingerprint density at radius 1 is 1.14 bits per heavy atom. The Bertz CT molecular complexity index is 831. The average molecular weight is 316 g/mol. The zero-order valence-corrected chi connectivity index (χ0v) is 13.5. The second kappa shape index (κ2) is 5.34. The molecule has 2 aromatic carbocycles. The molecule has 4 heteroatoms. The topological polar surface area (TPSA) is 45.2 Å². The Labute approximate surface area is 134 Å². The van der Waals surface area contributed by atoms with E-state index in [1.165, 1.54) is 0 Å². The number of hydrogen-bond acceptors (Lipinski definition) is 2. The number of hydrogen-bond donors (Lipinski definition) is 2. The Balaban J connectivity index is 2.16. The van der Waals surface area contributed by atoms with Crippen LogP contribution in [0.1, 0.15) is 19.4 Å². The Hall–Kier alpha value is -1.97. The maximum absolute atomic E-state index is 10.2. The summed E-state index contributed by atoms with van der Waals surface area (Å²) < 4.78 is 5.44. The van der Waals surface area contributed by atoms with Crippen LogP contribution in [0, 0.1) is 0 Å². The molecule has 0 radical (unpaired) electrons. The highest BCUT2D eigenvalue weighted by molar-refractivity contribution is 6.34. The van der Waals surface area contributed by atoms with Gasteiger partial charge in [-0.1, -0.05) is 23.7 Å².